The normalized spacial score (nSPS) is 15.2. The molecule has 0 saturated heterocycles. The molecule has 63 valence electrons. The Kier molecular flexibility index (Phi) is 11.1. The van der Waals surface area contributed by atoms with Gasteiger partial charge in [-0.25, -0.2) is 5.09 Å². The van der Waals surface area contributed by atoms with Gasteiger partial charge in [-0.2, -0.15) is 0 Å². The summed E-state index contributed by atoms with van der Waals surface area (Å²) < 4.78 is 4.90. The van der Waals surface area contributed by atoms with Crippen LogP contribution >= 0.6 is 6.64 Å². The number of nitrogens with one attached hydrogen (secondary N) is 1. The Morgan fingerprint density at radius 3 is 2.45 bits per heavy atom. The molecule has 0 bridgehead atoms. The first kappa shape index (κ1) is 15.0. The van der Waals surface area contributed by atoms with Crippen LogP contribution in [0.3, 0.4) is 0 Å². The van der Waals surface area contributed by atoms with E-state index in [-0.39, 0.29) is 29.6 Å². The standard InChI is InChI=1S/C5H14NO2PS.Na/c1-3-5-6-9(7,10)8-4-2;/h3-5H2,1-2H3,(H2,6,7,10);. The Bertz CT molecular complexity index is 136. The fourth-order valence-corrected chi connectivity index (χ4v) is 2.01. The van der Waals surface area contributed by atoms with E-state index < -0.39 is 6.64 Å². The minimum absolute atomic E-state index is 0. The van der Waals surface area contributed by atoms with Crippen molar-refractivity contribution >= 4 is 48.0 Å². The van der Waals surface area contributed by atoms with Gasteiger partial charge < -0.3 is 9.42 Å². The van der Waals surface area contributed by atoms with E-state index in [1.807, 2.05) is 13.8 Å². The van der Waals surface area contributed by atoms with Gasteiger partial charge in [0, 0.05) is 36.1 Å². The van der Waals surface area contributed by atoms with Crippen LogP contribution in [0.1, 0.15) is 20.3 Å². The summed E-state index contributed by atoms with van der Waals surface area (Å²) in [5.41, 5.74) is 0. The van der Waals surface area contributed by atoms with Gasteiger partial charge in [0.15, 0.2) is 0 Å². The largest absolute Gasteiger partial charge is 0.334 e. The van der Waals surface area contributed by atoms with Crippen molar-refractivity contribution in [2.75, 3.05) is 13.2 Å². The fraction of sp³-hybridized carbons (Fsp3) is 1.00. The van der Waals surface area contributed by atoms with Crippen molar-refractivity contribution in [2.45, 2.75) is 20.3 Å². The van der Waals surface area contributed by atoms with E-state index >= 15 is 0 Å². The van der Waals surface area contributed by atoms with E-state index in [0.717, 1.165) is 6.42 Å². The van der Waals surface area contributed by atoms with Crippen LogP contribution in [0.5, 0.6) is 0 Å². The molecule has 0 spiro atoms. The van der Waals surface area contributed by atoms with Crippen LogP contribution in [-0.2, 0) is 16.3 Å². The monoisotopic (exact) mass is 206 g/mol. The molecule has 2 N–H and O–H groups in total. The van der Waals surface area contributed by atoms with Crippen molar-refractivity contribution < 1.29 is 9.42 Å². The van der Waals surface area contributed by atoms with Gasteiger partial charge in [-0.1, -0.05) is 6.92 Å². The van der Waals surface area contributed by atoms with E-state index in [9.17, 15) is 4.89 Å². The molecule has 0 aromatic carbocycles. The second kappa shape index (κ2) is 8.14. The molecule has 0 aromatic heterocycles. The third-order valence-electron chi connectivity index (χ3n) is 0.866. The first-order valence-corrected chi connectivity index (χ1v) is 6.02. The molecule has 0 aliphatic carbocycles. The molecule has 1 unspecified atom stereocenters. The zero-order valence-electron chi connectivity index (χ0n) is 7.33. The summed E-state index contributed by atoms with van der Waals surface area (Å²) in [5.74, 6) is 0. The maximum Gasteiger partial charge on any atom is 0.258 e. The van der Waals surface area contributed by atoms with Gasteiger partial charge in [0.1, 0.15) is 0 Å². The van der Waals surface area contributed by atoms with E-state index in [2.05, 4.69) is 5.09 Å². The van der Waals surface area contributed by atoms with Crippen LogP contribution in [0.25, 0.3) is 0 Å². The number of hydrogen-bond donors (Lipinski definition) is 2. The number of rotatable bonds is 5. The van der Waals surface area contributed by atoms with Crippen LogP contribution in [0, 0.1) is 0 Å². The summed E-state index contributed by atoms with van der Waals surface area (Å²) >= 11 is 4.74. The van der Waals surface area contributed by atoms with E-state index in [4.69, 9.17) is 16.3 Å². The van der Waals surface area contributed by atoms with Gasteiger partial charge in [-0.05, 0) is 25.2 Å². The molecular weight excluding hydrogens is 192 g/mol. The van der Waals surface area contributed by atoms with Crippen molar-refractivity contribution in [1.29, 1.82) is 0 Å². The molecule has 0 aliphatic heterocycles. The van der Waals surface area contributed by atoms with Crippen molar-refractivity contribution in [3.63, 3.8) is 0 Å². The minimum Gasteiger partial charge on any atom is -0.334 e. The summed E-state index contributed by atoms with van der Waals surface area (Å²) in [6.07, 6.45) is 0.950. The van der Waals surface area contributed by atoms with Crippen molar-refractivity contribution in [3.8, 4) is 0 Å². The molecule has 0 aliphatic rings. The van der Waals surface area contributed by atoms with E-state index in [1.54, 1.807) is 0 Å². The van der Waals surface area contributed by atoms with Gasteiger partial charge >= 0.3 is 0 Å². The molecule has 0 fully saturated rings. The van der Waals surface area contributed by atoms with Crippen molar-refractivity contribution in [3.05, 3.63) is 0 Å². The van der Waals surface area contributed by atoms with Crippen LogP contribution < -0.4 is 5.09 Å². The Morgan fingerprint density at radius 1 is 1.55 bits per heavy atom. The SMILES string of the molecule is CCCNP(O)(=S)OCC.[Na]. The zero-order valence-corrected chi connectivity index (χ0v) is 11.0. The van der Waals surface area contributed by atoms with Crippen LogP contribution in [0.4, 0.5) is 0 Å². The third kappa shape index (κ3) is 9.44. The molecular formula is C5H14NNaO2PS. The Morgan fingerprint density at radius 2 is 2.09 bits per heavy atom. The van der Waals surface area contributed by atoms with Crippen LogP contribution in [-0.4, -0.2) is 47.6 Å². The Labute approximate surface area is 95.4 Å². The summed E-state index contributed by atoms with van der Waals surface area (Å²) in [5, 5.41) is 2.77. The molecule has 3 nitrogen and oxygen atoms in total. The molecule has 0 saturated carbocycles. The zero-order chi connectivity index (χ0) is 8.04. The second-order valence-electron chi connectivity index (χ2n) is 1.85. The topological polar surface area (TPSA) is 41.5 Å². The first-order valence-electron chi connectivity index (χ1n) is 3.35. The Hall–Kier alpha value is 1.53. The smallest absolute Gasteiger partial charge is 0.258 e. The Balaban J connectivity index is 0. The van der Waals surface area contributed by atoms with Crippen LogP contribution in [0.2, 0.25) is 0 Å². The molecule has 0 amide bonds. The summed E-state index contributed by atoms with van der Waals surface area (Å²) in [4.78, 5) is 9.24. The predicted molar refractivity (Wildman–Crippen MR) is 52.2 cm³/mol. The first-order chi connectivity index (χ1) is 4.62. The maximum absolute atomic E-state index is 9.24. The van der Waals surface area contributed by atoms with Crippen LogP contribution in [0.15, 0.2) is 0 Å². The van der Waals surface area contributed by atoms with Gasteiger partial charge in [0.25, 0.3) is 6.64 Å². The van der Waals surface area contributed by atoms with Crippen molar-refractivity contribution in [1.82, 2.24) is 5.09 Å². The molecule has 6 heteroatoms. The summed E-state index contributed by atoms with van der Waals surface area (Å²) in [6.45, 7) is 2.37. The van der Waals surface area contributed by atoms with Gasteiger partial charge in [0.05, 0.1) is 6.61 Å². The van der Waals surface area contributed by atoms with E-state index in [1.165, 1.54) is 0 Å². The molecule has 0 aromatic rings. The minimum atomic E-state index is -2.63. The maximum atomic E-state index is 9.24. The predicted octanol–water partition coefficient (Wildman–Crippen LogP) is 0.858. The van der Waals surface area contributed by atoms with Gasteiger partial charge in [-0.3, -0.25) is 0 Å². The van der Waals surface area contributed by atoms with Crippen molar-refractivity contribution in [2.24, 2.45) is 0 Å². The molecule has 0 rings (SSSR count). The third-order valence-corrected chi connectivity index (χ3v) is 2.80. The average Bonchev–Trinajstić information content (AvgIpc) is 1.84. The number of hydrogen-bond acceptors (Lipinski definition) is 2. The molecule has 0 heterocycles. The summed E-state index contributed by atoms with van der Waals surface area (Å²) in [6, 6.07) is 0. The quantitative estimate of drug-likeness (QED) is 0.517. The molecule has 11 heavy (non-hydrogen) atoms. The summed E-state index contributed by atoms with van der Waals surface area (Å²) in [7, 11) is 0. The fourth-order valence-electron chi connectivity index (χ4n) is 0.474. The van der Waals surface area contributed by atoms with Gasteiger partial charge in [-0.15, -0.1) is 0 Å². The van der Waals surface area contributed by atoms with Gasteiger partial charge in [0.2, 0.25) is 0 Å². The molecule has 1 atom stereocenters. The average molecular weight is 206 g/mol. The molecule has 1 radical (unpaired) electrons. The van der Waals surface area contributed by atoms with E-state index in [0.29, 0.717) is 13.2 Å². The second-order valence-corrected chi connectivity index (χ2v) is 4.95.